The van der Waals surface area contributed by atoms with Gasteiger partial charge in [-0.15, -0.1) is 11.3 Å². The van der Waals surface area contributed by atoms with Crippen molar-refractivity contribution in [3.63, 3.8) is 0 Å². The maximum Gasteiger partial charge on any atom is 0.294 e. The molecule has 150 valence electrons. The molecule has 11 heteroatoms. The van der Waals surface area contributed by atoms with E-state index in [1.165, 1.54) is 24.7 Å². The zero-order chi connectivity index (χ0) is 21.3. The number of amides is 1. The maximum absolute atomic E-state index is 12.7. The van der Waals surface area contributed by atoms with Crippen LogP contribution in [-0.4, -0.2) is 20.8 Å². The quantitative estimate of drug-likeness (QED) is 0.267. The lowest BCUT2D eigenvalue weighted by Gasteiger charge is -2.05. The van der Waals surface area contributed by atoms with Crippen molar-refractivity contribution in [3.05, 3.63) is 80.0 Å². The van der Waals surface area contributed by atoms with Crippen LogP contribution in [0.1, 0.15) is 9.67 Å². The molecule has 0 fully saturated rings. The first-order valence-corrected chi connectivity index (χ1v) is 10.7. The fourth-order valence-electron chi connectivity index (χ4n) is 2.60. The van der Waals surface area contributed by atoms with E-state index < -0.39 is 10.8 Å². The molecule has 0 aliphatic carbocycles. The molecule has 0 aliphatic heterocycles. The number of halogens is 2. The normalized spacial score (nSPS) is 10.9. The minimum Gasteiger partial charge on any atom is -0.320 e. The number of aromatic nitrogens is 2. The fraction of sp³-hybridized carbons (Fsp3) is 0. The summed E-state index contributed by atoms with van der Waals surface area (Å²) in [5.41, 5.74) is 1.09. The first-order chi connectivity index (χ1) is 14.4. The Balaban J connectivity index is 1.63. The number of carbonyl (C=O) groups is 1. The number of nitrogens with zero attached hydrogens (tertiary/aromatic N) is 3. The lowest BCUT2D eigenvalue weighted by Crippen LogP contribution is -2.10. The summed E-state index contributed by atoms with van der Waals surface area (Å²) < 4.78 is 0.289. The average molecular weight is 477 g/mol. The standard InChI is InChI=1S/C19H10Cl2N4O3S2/c20-12-8-22-9-13(21)17(12)30-19-15(25(27)28)6-16(29-19)18(26)24-11-5-10-3-1-2-4-14(10)23-7-11/h1-9H,(H,24,26). The summed E-state index contributed by atoms with van der Waals surface area (Å²) in [5, 5.41) is 15.6. The molecule has 0 unspecified atom stereocenters. The predicted octanol–water partition coefficient (Wildman–Crippen LogP) is 6.31. The van der Waals surface area contributed by atoms with Crippen molar-refractivity contribution in [1.29, 1.82) is 0 Å². The number of anilines is 1. The summed E-state index contributed by atoms with van der Waals surface area (Å²) in [5.74, 6) is -0.473. The van der Waals surface area contributed by atoms with E-state index in [0.717, 1.165) is 34.0 Å². The number of nitrogens with one attached hydrogen (secondary N) is 1. The first-order valence-electron chi connectivity index (χ1n) is 8.33. The molecule has 30 heavy (non-hydrogen) atoms. The Morgan fingerprint density at radius 2 is 1.87 bits per heavy atom. The van der Waals surface area contributed by atoms with Crippen LogP contribution in [0.2, 0.25) is 10.0 Å². The van der Waals surface area contributed by atoms with Gasteiger partial charge in [-0.05, 0) is 12.1 Å². The van der Waals surface area contributed by atoms with Gasteiger partial charge in [0.1, 0.15) is 9.09 Å². The van der Waals surface area contributed by atoms with Gasteiger partial charge in [0, 0.05) is 23.8 Å². The smallest absolute Gasteiger partial charge is 0.294 e. The molecule has 4 rings (SSSR count). The monoisotopic (exact) mass is 476 g/mol. The van der Waals surface area contributed by atoms with Crippen LogP contribution in [0.3, 0.4) is 0 Å². The molecule has 0 saturated heterocycles. The molecule has 0 saturated carbocycles. The molecule has 1 N–H and O–H groups in total. The molecular weight excluding hydrogens is 467 g/mol. The molecule has 7 nitrogen and oxygen atoms in total. The summed E-state index contributed by atoms with van der Waals surface area (Å²) in [6.07, 6.45) is 4.33. The molecular formula is C19H10Cl2N4O3S2. The minimum absolute atomic E-state index is 0.179. The van der Waals surface area contributed by atoms with E-state index in [0.29, 0.717) is 10.6 Å². The van der Waals surface area contributed by atoms with Gasteiger partial charge in [-0.3, -0.25) is 24.9 Å². The molecule has 4 aromatic rings. The van der Waals surface area contributed by atoms with Crippen LogP contribution in [0.15, 0.2) is 64.1 Å². The van der Waals surface area contributed by atoms with Gasteiger partial charge in [0.05, 0.1) is 37.3 Å². The van der Waals surface area contributed by atoms with Crippen LogP contribution < -0.4 is 5.32 Å². The van der Waals surface area contributed by atoms with E-state index in [2.05, 4.69) is 15.3 Å². The average Bonchev–Trinajstić information content (AvgIpc) is 3.15. The van der Waals surface area contributed by atoms with Crippen LogP contribution >= 0.6 is 46.3 Å². The van der Waals surface area contributed by atoms with E-state index in [-0.39, 0.29) is 24.8 Å². The van der Waals surface area contributed by atoms with Crippen LogP contribution in [-0.2, 0) is 0 Å². The minimum atomic E-state index is -0.545. The predicted molar refractivity (Wildman–Crippen MR) is 119 cm³/mol. The molecule has 3 heterocycles. The molecule has 0 bridgehead atoms. The number of hydrogen-bond acceptors (Lipinski definition) is 7. The molecule has 0 radical (unpaired) electrons. The lowest BCUT2D eigenvalue weighted by molar-refractivity contribution is -0.387. The second-order valence-corrected chi connectivity index (χ2v) is 9.09. The third-order valence-electron chi connectivity index (χ3n) is 3.95. The molecule has 3 aromatic heterocycles. The summed E-state index contributed by atoms with van der Waals surface area (Å²) in [6.45, 7) is 0. The number of rotatable bonds is 5. The van der Waals surface area contributed by atoms with E-state index in [1.54, 1.807) is 6.07 Å². The number of hydrogen-bond donors (Lipinski definition) is 1. The third-order valence-corrected chi connectivity index (χ3v) is 7.21. The van der Waals surface area contributed by atoms with Crippen molar-refractivity contribution in [2.24, 2.45) is 0 Å². The van der Waals surface area contributed by atoms with Gasteiger partial charge in [0.25, 0.3) is 11.6 Å². The summed E-state index contributed by atoms with van der Waals surface area (Å²) in [6, 6.07) is 10.5. The van der Waals surface area contributed by atoms with Crippen molar-refractivity contribution in [2.75, 3.05) is 5.32 Å². The Hall–Kier alpha value is -2.72. The SMILES string of the molecule is O=C(Nc1cnc2ccccc2c1)c1cc([N+](=O)[O-])c(Sc2c(Cl)cncc2Cl)s1. The van der Waals surface area contributed by atoms with Gasteiger partial charge < -0.3 is 5.32 Å². The lowest BCUT2D eigenvalue weighted by atomic mass is 10.2. The van der Waals surface area contributed by atoms with E-state index in [9.17, 15) is 14.9 Å². The van der Waals surface area contributed by atoms with Gasteiger partial charge in [-0.1, -0.05) is 53.2 Å². The number of carbonyl (C=O) groups excluding carboxylic acids is 1. The molecule has 1 aromatic carbocycles. The Bertz CT molecular complexity index is 1280. The highest BCUT2D eigenvalue weighted by molar-refractivity contribution is 8.01. The van der Waals surface area contributed by atoms with Gasteiger partial charge in [0.2, 0.25) is 0 Å². The Morgan fingerprint density at radius 3 is 2.60 bits per heavy atom. The van der Waals surface area contributed by atoms with Crippen LogP contribution in [0.25, 0.3) is 10.9 Å². The first kappa shape index (κ1) is 20.5. The maximum atomic E-state index is 12.7. The Morgan fingerprint density at radius 1 is 1.13 bits per heavy atom. The van der Waals surface area contributed by atoms with Gasteiger partial charge >= 0.3 is 0 Å². The van der Waals surface area contributed by atoms with Crippen molar-refractivity contribution >= 4 is 74.5 Å². The van der Waals surface area contributed by atoms with Gasteiger partial charge in [-0.25, -0.2) is 0 Å². The van der Waals surface area contributed by atoms with E-state index >= 15 is 0 Å². The number of thiophene rings is 1. The molecule has 0 atom stereocenters. The number of pyridine rings is 2. The number of fused-ring (bicyclic) bond motifs is 1. The van der Waals surface area contributed by atoms with Crippen LogP contribution in [0, 0.1) is 10.1 Å². The third kappa shape index (κ3) is 4.24. The number of para-hydroxylation sites is 1. The topological polar surface area (TPSA) is 98.0 Å². The van der Waals surface area contributed by atoms with Crippen molar-refractivity contribution in [2.45, 2.75) is 9.10 Å². The summed E-state index contributed by atoms with van der Waals surface area (Å²) in [4.78, 5) is 32.4. The zero-order valence-corrected chi connectivity index (χ0v) is 18.0. The van der Waals surface area contributed by atoms with E-state index in [4.69, 9.17) is 23.2 Å². The highest BCUT2D eigenvalue weighted by atomic mass is 35.5. The van der Waals surface area contributed by atoms with Crippen molar-refractivity contribution in [3.8, 4) is 0 Å². The highest BCUT2D eigenvalue weighted by Crippen LogP contribution is 2.45. The van der Waals surface area contributed by atoms with Crippen molar-refractivity contribution < 1.29 is 9.72 Å². The second-order valence-electron chi connectivity index (χ2n) is 5.95. The fourth-order valence-corrected chi connectivity index (χ4v) is 5.36. The number of benzene rings is 1. The second kappa shape index (κ2) is 8.57. The molecule has 0 spiro atoms. The summed E-state index contributed by atoms with van der Waals surface area (Å²) >= 11 is 14.2. The largest absolute Gasteiger partial charge is 0.320 e. The van der Waals surface area contributed by atoms with E-state index in [1.807, 2.05) is 24.3 Å². The van der Waals surface area contributed by atoms with Crippen LogP contribution in [0.5, 0.6) is 0 Å². The van der Waals surface area contributed by atoms with Gasteiger partial charge in [-0.2, -0.15) is 0 Å². The Kier molecular flexibility index (Phi) is 5.87. The van der Waals surface area contributed by atoms with Gasteiger partial charge in [0.15, 0.2) is 0 Å². The Labute approximate surface area is 188 Å². The summed E-state index contributed by atoms with van der Waals surface area (Å²) in [7, 11) is 0. The highest BCUT2D eigenvalue weighted by Gasteiger charge is 2.25. The zero-order valence-electron chi connectivity index (χ0n) is 14.8. The molecule has 1 amide bonds. The molecule has 0 aliphatic rings. The van der Waals surface area contributed by atoms with Crippen LogP contribution in [0.4, 0.5) is 11.4 Å². The number of nitro groups is 1. The van der Waals surface area contributed by atoms with Crippen molar-refractivity contribution in [1.82, 2.24) is 9.97 Å².